The Morgan fingerprint density at radius 1 is 1.22 bits per heavy atom. The first kappa shape index (κ1) is 12.6. The molecule has 1 N–H and O–H groups in total. The fraction of sp³-hybridized carbons (Fsp3) is 0.0714. The quantitative estimate of drug-likeness (QED) is 0.942. The molecule has 0 heterocycles. The van der Waals surface area contributed by atoms with Gasteiger partial charge in [0.15, 0.2) is 0 Å². The standard InChI is InChI=1S/C14H10BrNO2/c15-13-7-12(6-5-11(13)9-17)18-14-4-2-1-3-10(14)8-16/h1-7,17H,9H2. The van der Waals surface area contributed by atoms with E-state index in [0.717, 1.165) is 10.0 Å². The number of hydrogen-bond donors (Lipinski definition) is 1. The summed E-state index contributed by atoms with van der Waals surface area (Å²) >= 11 is 3.35. The molecule has 4 heteroatoms. The molecule has 0 aliphatic carbocycles. The van der Waals surface area contributed by atoms with Crippen molar-refractivity contribution in [1.82, 2.24) is 0 Å². The Morgan fingerprint density at radius 2 is 2.00 bits per heavy atom. The molecule has 2 aromatic rings. The highest BCUT2D eigenvalue weighted by Gasteiger charge is 2.05. The Morgan fingerprint density at radius 3 is 2.67 bits per heavy atom. The SMILES string of the molecule is N#Cc1ccccc1Oc1ccc(CO)c(Br)c1. The van der Waals surface area contributed by atoms with Crippen molar-refractivity contribution in [3.05, 3.63) is 58.1 Å². The van der Waals surface area contributed by atoms with Gasteiger partial charge in [-0.25, -0.2) is 0 Å². The monoisotopic (exact) mass is 303 g/mol. The van der Waals surface area contributed by atoms with Gasteiger partial charge in [0.25, 0.3) is 0 Å². The van der Waals surface area contributed by atoms with E-state index in [1.807, 2.05) is 6.07 Å². The summed E-state index contributed by atoms with van der Waals surface area (Å²) in [6, 6.07) is 14.4. The topological polar surface area (TPSA) is 53.2 Å². The van der Waals surface area contributed by atoms with Crippen LogP contribution in [0.5, 0.6) is 11.5 Å². The fourth-order valence-electron chi connectivity index (χ4n) is 1.49. The summed E-state index contributed by atoms with van der Waals surface area (Å²) in [6.07, 6.45) is 0. The molecule has 0 saturated heterocycles. The molecule has 0 amide bonds. The van der Waals surface area contributed by atoms with Crippen LogP contribution in [0, 0.1) is 11.3 Å². The summed E-state index contributed by atoms with van der Waals surface area (Å²) in [4.78, 5) is 0. The molecule has 0 radical (unpaired) electrons. The molecule has 0 fully saturated rings. The second-order valence-corrected chi connectivity index (χ2v) is 4.48. The summed E-state index contributed by atoms with van der Waals surface area (Å²) in [5, 5.41) is 18.0. The van der Waals surface area contributed by atoms with E-state index >= 15 is 0 Å². The van der Waals surface area contributed by atoms with E-state index < -0.39 is 0 Å². The van der Waals surface area contributed by atoms with Crippen LogP contribution >= 0.6 is 15.9 Å². The van der Waals surface area contributed by atoms with Crippen LogP contribution in [-0.2, 0) is 6.61 Å². The lowest BCUT2D eigenvalue weighted by Gasteiger charge is -2.08. The molecule has 0 aliphatic rings. The van der Waals surface area contributed by atoms with Crippen LogP contribution in [0.4, 0.5) is 0 Å². The van der Waals surface area contributed by atoms with Crippen LogP contribution in [0.15, 0.2) is 46.9 Å². The zero-order chi connectivity index (χ0) is 13.0. The minimum atomic E-state index is -0.0321. The van der Waals surface area contributed by atoms with Gasteiger partial charge < -0.3 is 9.84 Å². The molecule has 0 bridgehead atoms. The van der Waals surface area contributed by atoms with Crippen molar-refractivity contribution in [1.29, 1.82) is 5.26 Å². The summed E-state index contributed by atoms with van der Waals surface area (Å²) in [6.45, 7) is -0.0321. The van der Waals surface area contributed by atoms with Crippen LogP contribution in [0.2, 0.25) is 0 Å². The van der Waals surface area contributed by atoms with E-state index in [2.05, 4.69) is 22.0 Å². The number of rotatable bonds is 3. The largest absolute Gasteiger partial charge is 0.456 e. The Kier molecular flexibility index (Phi) is 3.98. The maximum absolute atomic E-state index is 9.07. The average molecular weight is 304 g/mol. The molecule has 2 aromatic carbocycles. The third-order valence-electron chi connectivity index (χ3n) is 2.43. The van der Waals surface area contributed by atoms with Gasteiger partial charge in [0.05, 0.1) is 12.2 Å². The van der Waals surface area contributed by atoms with Gasteiger partial charge in [-0.1, -0.05) is 34.1 Å². The van der Waals surface area contributed by atoms with Gasteiger partial charge in [0, 0.05) is 4.47 Å². The first-order chi connectivity index (χ1) is 8.74. The third kappa shape index (κ3) is 2.70. The number of halogens is 1. The summed E-state index contributed by atoms with van der Waals surface area (Å²) in [5.74, 6) is 1.13. The molecule has 0 unspecified atom stereocenters. The predicted octanol–water partition coefficient (Wildman–Crippen LogP) is 3.61. The maximum atomic E-state index is 9.07. The Labute approximate surface area is 113 Å². The zero-order valence-corrected chi connectivity index (χ0v) is 11.0. The number of ether oxygens (including phenoxy) is 1. The molecule has 0 saturated carbocycles. The molecule has 0 aromatic heterocycles. The first-order valence-corrected chi connectivity index (χ1v) is 6.10. The van der Waals surface area contributed by atoms with Crippen LogP contribution in [-0.4, -0.2) is 5.11 Å². The molecular formula is C14H10BrNO2. The summed E-state index contributed by atoms with van der Waals surface area (Å²) in [7, 11) is 0. The van der Waals surface area contributed by atoms with Crippen LogP contribution in [0.1, 0.15) is 11.1 Å². The second kappa shape index (κ2) is 5.67. The minimum Gasteiger partial charge on any atom is -0.456 e. The zero-order valence-electron chi connectivity index (χ0n) is 9.43. The molecule has 0 atom stereocenters. The Balaban J connectivity index is 2.29. The van der Waals surface area contributed by atoms with Crippen molar-refractivity contribution >= 4 is 15.9 Å². The van der Waals surface area contributed by atoms with E-state index in [9.17, 15) is 0 Å². The fourth-order valence-corrected chi connectivity index (χ4v) is 1.98. The van der Waals surface area contributed by atoms with Gasteiger partial charge in [-0.15, -0.1) is 0 Å². The van der Waals surface area contributed by atoms with E-state index in [4.69, 9.17) is 15.1 Å². The van der Waals surface area contributed by atoms with Crippen LogP contribution < -0.4 is 4.74 Å². The highest BCUT2D eigenvalue weighted by molar-refractivity contribution is 9.10. The molecule has 18 heavy (non-hydrogen) atoms. The Hall–Kier alpha value is -1.83. The van der Waals surface area contributed by atoms with Gasteiger partial charge in [-0.3, -0.25) is 0 Å². The Bertz CT molecular complexity index is 605. The van der Waals surface area contributed by atoms with E-state index in [1.165, 1.54) is 0 Å². The number of nitrogens with zero attached hydrogens (tertiary/aromatic N) is 1. The highest BCUT2D eigenvalue weighted by Crippen LogP contribution is 2.28. The van der Waals surface area contributed by atoms with E-state index in [1.54, 1.807) is 36.4 Å². The lowest BCUT2D eigenvalue weighted by molar-refractivity contribution is 0.281. The highest BCUT2D eigenvalue weighted by atomic mass is 79.9. The van der Waals surface area contributed by atoms with Crippen molar-refractivity contribution in [2.45, 2.75) is 6.61 Å². The molecule has 90 valence electrons. The summed E-state index contributed by atoms with van der Waals surface area (Å²) < 4.78 is 6.42. The smallest absolute Gasteiger partial charge is 0.145 e. The van der Waals surface area contributed by atoms with Gasteiger partial charge in [-0.2, -0.15) is 5.26 Å². The van der Waals surface area contributed by atoms with Crippen molar-refractivity contribution in [3.8, 4) is 17.6 Å². The molecule has 2 rings (SSSR count). The van der Waals surface area contributed by atoms with Gasteiger partial charge in [-0.05, 0) is 29.8 Å². The number of aliphatic hydroxyl groups is 1. The normalized spacial score (nSPS) is 9.83. The lowest BCUT2D eigenvalue weighted by Crippen LogP contribution is -1.90. The van der Waals surface area contributed by atoms with Gasteiger partial charge >= 0.3 is 0 Å². The van der Waals surface area contributed by atoms with Crippen molar-refractivity contribution in [2.24, 2.45) is 0 Å². The molecule has 3 nitrogen and oxygen atoms in total. The van der Waals surface area contributed by atoms with Crippen LogP contribution in [0.25, 0.3) is 0 Å². The number of para-hydroxylation sites is 1. The van der Waals surface area contributed by atoms with Crippen molar-refractivity contribution < 1.29 is 9.84 Å². The van der Waals surface area contributed by atoms with Crippen LogP contribution in [0.3, 0.4) is 0 Å². The second-order valence-electron chi connectivity index (χ2n) is 3.62. The van der Waals surface area contributed by atoms with E-state index in [0.29, 0.717) is 17.1 Å². The van der Waals surface area contributed by atoms with Gasteiger partial charge in [0.1, 0.15) is 17.6 Å². The molecule has 0 spiro atoms. The molecule has 0 aliphatic heterocycles. The molecular weight excluding hydrogens is 294 g/mol. The number of benzene rings is 2. The van der Waals surface area contributed by atoms with Crippen molar-refractivity contribution in [3.63, 3.8) is 0 Å². The third-order valence-corrected chi connectivity index (χ3v) is 3.17. The van der Waals surface area contributed by atoms with E-state index in [-0.39, 0.29) is 6.61 Å². The van der Waals surface area contributed by atoms with Gasteiger partial charge in [0.2, 0.25) is 0 Å². The summed E-state index contributed by atoms with van der Waals surface area (Å²) in [5.41, 5.74) is 1.27. The number of hydrogen-bond acceptors (Lipinski definition) is 3. The average Bonchev–Trinajstić information content (AvgIpc) is 2.39. The number of aliphatic hydroxyl groups excluding tert-OH is 1. The first-order valence-electron chi connectivity index (χ1n) is 5.31. The maximum Gasteiger partial charge on any atom is 0.145 e. The van der Waals surface area contributed by atoms with Crippen molar-refractivity contribution in [2.75, 3.05) is 0 Å². The number of nitriles is 1. The minimum absolute atomic E-state index is 0.0321. The lowest BCUT2D eigenvalue weighted by atomic mass is 10.2. The predicted molar refractivity (Wildman–Crippen MR) is 71.3 cm³/mol.